The van der Waals surface area contributed by atoms with Crippen LogP contribution in [0, 0.1) is 10.1 Å². The lowest BCUT2D eigenvalue weighted by Crippen LogP contribution is -2.06. The predicted molar refractivity (Wildman–Crippen MR) is 58.9 cm³/mol. The van der Waals surface area contributed by atoms with E-state index in [1.807, 2.05) is 0 Å². The molecule has 0 aliphatic rings. The van der Waals surface area contributed by atoms with Crippen LogP contribution in [0.1, 0.15) is 0 Å². The molecule has 0 radical (unpaired) electrons. The van der Waals surface area contributed by atoms with Crippen molar-refractivity contribution in [3.8, 4) is 0 Å². The van der Waals surface area contributed by atoms with E-state index >= 15 is 0 Å². The Morgan fingerprint density at radius 1 is 1.33 bits per heavy atom. The zero-order valence-electron chi connectivity index (χ0n) is 7.36. The highest BCUT2D eigenvalue weighted by molar-refractivity contribution is 9.10. The topological polar surface area (TPSA) is 76.0 Å². The first-order valence-electron chi connectivity index (χ1n) is 4.05. The van der Waals surface area contributed by atoms with E-state index in [2.05, 4.69) is 20.9 Å². The van der Waals surface area contributed by atoms with Crippen LogP contribution in [0.4, 0.5) is 5.69 Å². The molecular weight excluding hydrogens is 264 g/mol. The fourth-order valence-corrected chi connectivity index (χ4v) is 1.94. The van der Waals surface area contributed by atoms with Crippen molar-refractivity contribution < 1.29 is 4.92 Å². The molecule has 1 aromatic carbocycles. The van der Waals surface area contributed by atoms with Crippen molar-refractivity contribution in [2.24, 2.45) is 0 Å². The van der Waals surface area contributed by atoms with Gasteiger partial charge in [0, 0.05) is 16.7 Å². The summed E-state index contributed by atoms with van der Waals surface area (Å²) in [5.41, 5.74) is -0.414. The minimum absolute atomic E-state index is 0.0701. The SMILES string of the molecule is O=c1[nH]ccc2c([N+](=O)[O-])ccc(Br)c12. The molecule has 15 heavy (non-hydrogen) atoms. The van der Waals surface area contributed by atoms with Gasteiger partial charge in [-0.1, -0.05) is 0 Å². The number of aromatic amines is 1. The number of aromatic nitrogens is 1. The zero-order chi connectivity index (χ0) is 11.0. The maximum absolute atomic E-state index is 11.5. The molecule has 1 aromatic heterocycles. The van der Waals surface area contributed by atoms with Gasteiger partial charge in [-0.15, -0.1) is 0 Å². The molecule has 1 N–H and O–H groups in total. The van der Waals surface area contributed by atoms with Gasteiger partial charge in [0.1, 0.15) is 0 Å². The minimum Gasteiger partial charge on any atom is -0.329 e. The number of hydrogen-bond acceptors (Lipinski definition) is 3. The number of halogens is 1. The third kappa shape index (κ3) is 1.52. The van der Waals surface area contributed by atoms with Gasteiger partial charge in [-0.25, -0.2) is 0 Å². The van der Waals surface area contributed by atoms with Crippen molar-refractivity contribution in [2.75, 3.05) is 0 Å². The highest BCUT2D eigenvalue weighted by atomic mass is 79.9. The number of nitro benzene ring substituents is 1. The molecule has 0 atom stereocenters. The fraction of sp³-hybridized carbons (Fsp3) is 0. The summed E-state index contributed by atoms with van der Waals surface area (Å²) in [5, 5.41) is 11.3. The molecule has 0 bridgehead atoms. The molecule has 0 spiro atoms. The van der Waals surface area contributed by atoms with Crippen molar-refractivity contribution in [2.45, 2.75) is 0 Å². The van der Waals surface area contributed by atoms with Gasteiger partial charge in [-0.2, -0.15) is 0 Å². The smallest absolute Gasteiger partial charge is 0.277 e. The number of benzene rings is 1. The van der Waals surface area contributed by atoms with Crippen molar-refractivity contribution in [1.29, 1.82) is 0 Å². The molecule has 2 aromatic rings. The minimum atomic E-state index is -0.506. The van der Waals surface area contributed by atoms with Crippen LogP contribution in [0.3, 0.4) is 0 Å². The number of nitrogens with one attached hydrogen (secondary N) is 1. The maximum atomic E-state index is 11.5. The lowest BCUT2D eigenvalue weighted by atomic mass is 10.1. The Morgan fingerprint density at radius 2 is 2.07 bits per heavy atom. The van der Waals surface area contributed by atoms with E-state index in [1.54, 1.807) is 0 Å². The number of nitro groups is 1. The Kier molecular flexibility index (Phi) is 2.28. The van der Waals surface area contributed by atoms with Crippen LogP contribution in [0.5, 0.6) is 0 Å². The Morgan fingerprint density at radius 3 is 2.73 bits per heavy atom. The van der Waals surface area contributed by atoms with Crippen molar-refractivity contribution >= 4 is 32.4 Å². The Bertz CT molecular complexity index is 606. The predicted octanol–water partition coefficient (Wildman–Crippen LogP) is 2.20. The Balaban J connectivity index is 3.01. The molecule has 1 heterocycles. The van der Waals surface area contributed by atoms with E-state index in [1.165, 1.54) is 24.4 Å². The molecule has 0 amide bonds. The Labute approximate surface area is 92.0 Å². The highest BCUT2D eigenvalue weighted by Gasteiger charge is 2.14. The summed E-state index contributed by atoms with van der Waals surface area (Å²) in [7, 11) is 0. The van der Waals surface area contributed by atoms with E-state index in [9.17, 15) is 14.9 Å². The summed E-state index contributed by atoms with van der Waals surface area (Å²) in [6.45, 7) is 0. The van der Waals surface area contributed by atoms with Gasteiger partial charge < -0.3 is 4.98 Å². The summed E-state index contributed by atoms with van der Waals surface area (Å²) >= 11 is 3.19. The third-order valence-electron chi connectivity index (χ3n) is 2.06. The number of H-pyrrole nitrogens is 1. The fourth-order valence-electron chi connectivity index (χ4n) is 1.41. The molecule has 2 rings (SSSR count). The average Bonchev–Trinajstić information content (AvgIpc) is 2.17. The van der Waals surface area contributed by atoms with Crippen LogP contribution >= 0.6 is 15.9 Å². The molecule has 0 unspecified atom stereocenters. The summed E-state index contributed by atoms with van der Waals surface area (Å²) in [6.07, 6.45) is 1.39. The standard InChI is InChI=1S/C9H5BrN2O3/c10-6-1-2-7(12(14)15)5-3-4-11-9(13)8(5)6/h1-4H,(H,11,13). The molecule has 0 saturated carbocycles. The molecule has 76 valence electrons. The van der Waals surface area contributed by atoms with Crippen LogP contribution in [0.15, 0.2) is 33.7 Å². The maximum Gasteiger partial charge on any atom is 0.277 e. The molecule has 0 aliphatic carbocycles. The first-order chi connectivity index (χ1) is 7.11. The number of nitrogens with zero attached hydrogens (tertiary/aromatic N) is 1. The molecular formula is C9H5BrN2O3. The molecule has 0 saturated heterocycles. The van der Waals surface area contributed by atoms with E-state index in [0.717, 1.165) is 0 Å². The number of fused-ring (bicyclic) bond motifs is 1. The van der Waals surface area contributed by atoms with Gasteiger partial charge in [0.25, 0.3) is 11.2 Å². The van der Waals surface area contributed by atoms with E-state index in [4.69, 9.17) is 0 Å². The average molecular weight is 269 g/mol. The molecule has 6 heteroatoms. The van der Waals surface area contributed by atoms with Crippen LogP contribution in [0.25, 0.3) is 10.8 Å². The number of non-ortho nitro benzene ring substituents is 1. The number of pyridine rings is 1. The zero-order valence-corrected chi connectivity index (χ0v) is 8.95. The van der Waals surface area contributed by atoms with Gasteiger partial charge in [-0.05, 0) is 28.1 Å². The Hall–Kier alpha value is -1.69. The largest absolute Gasteiger partial charge is 0.329 e. The van der Waals surface area contributed by atoms with Crippen LogP contribution < -0.4 is 5.56 Å². The summed E-state index contributed by atoms with van der Waals surface area (Å²) in [4.78, 5) is 24.1. The van der Waals surface area contributed by atoms with Crippen LogP contribution in [-0.2, 0) is 0 Å². The van der Waals surface area contributed by atoms with E-state index < -0.39 is 4.92 Å². The second-order valence-electron chi connectivity index (χ2n) is 2.92. The van der Waals surface area contributed by atoms with Crippen molar-refractivity contribution in [3.63, 3.8) is 0 Å². The van der Waals surface area contributed by atoms with Crippen LogP contribution in [-0.4, -0.2) is 9.91 Å². The van der Waals surface area contributed by atoms with E-state index in [-0.39, 0.29) is 11.2 Å². The first-order valence-corrected chi connectivity index (χ1v) is 4.85. The van der Waals surface area contributed by atoms with Gasteiger partial charge in [0.05, 0.1) is 15.7 Å². The molecule has 0 aliphatic heterocycles. The van der Waals surface area contributed by atoms with Gasteiger partial charge >= 0.3 is 0 Å². The second kappa shape index (κ2) is 3.47. The molecule has 5 nitrogen and oxygen atoms in total. The first kappa shape index (κ1) is 9.85. The van der Waals surface area contributed by atoms with Gasteiger partial charge in [0.15, 0.2) is 0 Å². The lowest BCUT2D eigenvalue weighted by molar-refractivity contribution is -0.383. The highest BCUT2D eigenvalue weighted by Crippen LogP contribution is 2.28. The summed E-state index contributed by atoms with van der Waals surface area (Å²) in [6, 6.07) is 4.38. The van der Waals surface area contributed by atoms with E-state index in [0.29, 0.717) is 15.2 Å². The van der Waals surface area contributed by atoms with Crippen molar-refractivity contribution in [1.82, 2.24) is 4.98 Å². The molecule has 0 fully saturated rings. The summed E-state index contributed by atoms with van der Waals surface area (Å²) in [5.74, 6) is 0. The second-order valence-corrected chi connectivity index (χ2v) is 3.77. The van der Waals surface area contributed by atoms with Crippen LogP contribution in [0.2, 0.25) is 0 Å². The van der Waals surface area contributed by atoms with Gasteiger partial charge in [0.2, 0.25) is 0 Å². The third-order valence-corrected chi connectivity index (χ3v) is 2.72. The summed E-state index contributed by atoms with van der Waals surface area (Å²) < 4.78 is 0.546. The lowest BCUT2D eigenvalue weighted by Gasteiger charge is -2.00. The van der Waals surface area contributed by atoms with Crippen molar-refractivity contribution in [3.05, 3.63) is 49.3 Å². The normalized spacial score (nSPS) is 10.5. The number of hydrogen-bond donors (Lipinski definition) is 1. The van der Waals surface area contributed by atoms with Gasteiger partial charge in [-0.3, -0.25) is 14.9 Å². The monoisotopic (exact) mass is 268 g/mol. The quantitative estimate of drug-likeness (QED) is 0.636. The number of rotatable bonds is 1.